The Morgan fingerprint density at radius 3 is 2.52 bits per heavy atom. The smallest absolute Gasteiger partial charge is 0.325 e. The summed E-state index contributed by atoms with van der Waals surface area (Å²) in [5, 5.41) is 2.64. The molecule has 1 aromatic rings. The summed E-state index contributed by atoms with van der Waals surface area (Å²) in [6, 6.07) is 3.60. The number of hydrogen-bond donors (Lipinski definition) is 1. The average Bonchev–Trinajstić information content (AvgIpc) is 3.14. The molecule has 1 aromatic heterocycles. The number of urea groups is 1. The molecule has 1 heterocycles. The Hall–Kier alpha value is -2.51. The van der Waals surface area contributed by atoms with Gasteiger partial charge in [0, 0.05) is 31.5 Å². The number of nitrogens with one attached hydrogen (secondary N) is 1. The van der Waals surface area contributed by atoms with Gasteiger partial charge in [-0.2, -0.15) is 0 Å². The first kappa shape index (κ1) is 24.8. The summed E-state index contributed by atoms with van der Waals surface area (Å²) in [6.45, 7) is 7.09. The molecule has 174 valence electrons. The highest BCUT2D eigenvalue weighted by atomic mass is 16.5. The van der Waals surface area contributed by atoms with E-state index in [9.17, 15) is 14.4 Å². The predicted octanol–water partition coefficient (Wildman–Crippen LogP) is 2.92. The van der Waals surface area contributed by atoms with Crippen molar-refractivity contribution in [2.45, 2.75) is 65.5 Å². The first-order chi connectivity index (χ1) is 14.8. The van der Waals surface area contributed by atoms with Crippen molar-refractivity contribution in [2.75, 3.05) is 26.2 Å². The van der Waals surface area contributed by atoms with Crippen LogP contribution in [0.25, 0.3) is 0 Å². The van der Waals surface area contributed by atoms with Gasteiger partial charge < -0.3 is 24.4 Å². The van der Waals surface area contributed by atoms with Gasteiger partial charge in [0.25, 0.3) is 0 Å². The van der Waals surface area contributed by atoms with Crippen LogP contribution in [-0.4, -0.2) is 64.6 Å². The van der Waals surface area contributed by atoms with Crippen LogP contribution in [0.1, 0.15) is 58.6 Å². The minimum Gasteiger partial charge on any atom is -0.465 e. The molecule has 0 atom stereocenters. The molecule has 8 heteroatoms. The van der Waals surface area contributed by atoms with Crippen molar-refractivity contribution in [2.24, 2.45) is 13.0 Å². The molecule has 2 rings (SSSR count). The zero-order valence-corrected chi connectivity index (χ0v) is 19.4. The first-order valence-electron chi connectivity index (χ1n) is 11.4. The lowest BCUT2D eigenvalue weighted by Gasteiger charge is -2.35. The van der Waals surface area contributed by atoms with Gasteiger partial charge in [0.1, 0.15) is 13.1 Å². The zero-order valence-electron chi connectivity index (χ0n) is 19.4. The summed E-state index contributed by atoms with van der Waals surface area (Å²) in [5.74, 6) is -0.243. The molecular formula is C23H38N4O4. The highest BCUT2D eigenvalue weighted by Crippen LogP contribution is 2.23. The second-order valence-electron chi connectivity index (χ2n) is 8.66. The molecule has 0 unspecified atom stereocenters. The van der Waals surface area contributed by atoms with Crippen LogP contribution >= 0.6 is 0 Å². The summed E-state index contributed by atoms with van der Waals surface area (Å²) < 4.78 is 6.91. The Morgan fingerprint density at radius 2 is 1.94 bits per heavy atom. The molecule has 1 N–H and O–H groups in total. The van der Waals surface area contributed by atoms with Gasteiger partial charge in [-0.25, -0.2) is 4.79 Å². The topological polar surface area (TPSA) is 83.9 Å². The SMILES string of the molecule is CCOC(=O)CNC(=O)N(CC(=O)N(Cc1cccn1C)CC(C)C)C1CCCCC1. The monoisotopic (exact) mass is 434 g/mol. The van der Waals surface area contributed by atoms with Gasteiger partial charge in [0.2, 0.25) is 5.91 Å². The molecule has 0 aliphatic heterocycles. The molecule has 1 aliphatic rings. The number of aryl methyl sites for hydroxylation is 1. The van der Waals surface area contributed by atoms with Crippen molar-refractivity contribution in [3.05, 3.63) is 24.0 Å². The fraction of sp³-hybridized carbons (Fsp3) is 0.696. The number of aromatic nitrogens is 1. The number of nitrogens with zero attached hydrogens (tertiary/aromatic N) is 3. The normalized spacial score (nSPS) is 14.4. The highest BCUT2D eigenvalue weighted by molar-refractivity contribution is 5.86. The molecule has 0 spiro atoms. The van der Waals surface area contributed by atoms with Gasteiger partial charge in [0.15, 0.2) is 0 Å². The van der Waals surface area contributed by atoms with E-state index in [0.717, 1.165) is 37.8 Å². The molecule has 31 heavy (non-hydrogen) atoms. The van der Waals surface area contributed by atoms with Crippen LogP contribution in [0.2, 0.25) is 0 Å². The number of carbonyl (C=O) groups is 3. The van der Waals surface area contributed by atoms with Gasteiger partial charge in [-0.15, -0.1) is 0 Å². The van der Waals surface area contributed by atoms with Crippen LogP contribution in [0.5, 0.6) is 0 Å². The van der Waals surface area contributed by atoms with Crippen LogP contribution in [0, 0.1) is 5.92 Å². The van der Waals surface area contributed by atoms with Crippen molar-refractivity contribution in [3.8, 4) is 0 Å². The Kier molecular flexibility index (Phi) is 9.88. The Labute approximate surface area is 185 Å². The van der Waals surface area contributed by atoms with Crippen LogP contribution in [0.15, 0.2) is 18.3 Å². The average molecular weight is 435 g/mol. The minimum atomic E-state index is -0.476. The lowest BCUT2D eigenvalue weighted by Crippen LogP contribution is -2.52. The summed E-state index contributed by atoms with van der Waals surface area (Å²) in [4.78, 5) is 41.4. The fourth-order valence-corrected chi connectivity index (χ4v) is 4.02. The second kappa shape index (κ2) is 12.4. The highest BCUT2D eigenvalue weighted by Gasteiger charge is 2.29. The molecule has 1 fully saturated rings. The van der Waals surface area contributed by atoms with Crippen LogP contribution in [0.4, 0.5) is 4.79 Å². The number of amides is 3. The van der Waals surface area contributed by atoms with E-state index in [0.29, 0.717) is 19.0 Å². The molecule has 8 nitrogen and oxygen atoms in total. The van der Waals surface area contributed by atoms with Crippen molar-refractivity contribution in [1.82, 2.24) is 19.7 Å². The molecule has 0 aromatic carbocycles. The third kappa shape index (κ3) is 7.92. The summed E-state index contributed by atoms with van der Waals surface area (Å²) >= 11 is 0. The maximum Gasteiger partial charge on any atom is 0.325 e. The third-order valence-electron chi connectivity index (χ3n) is 5.61. The molecule has 1 saturated carbocycles. The van der Waals surface area contributed by atoms with E-state index < -0.39 is 5.97 Å². The first-order valence-corrected chi connectivity index (χ1v) is 11.4. The van der Waals surface area contributed by atoms with Gasteiger partial charge >= 0.3 is 12.0 Å². The number of hydrogen-bond acceptors (Lipinski definition) is 4. The van der Waals surface area contributed by atoms with E-state index in [1.807, 2.05) is 34.8 Å². The van der Waals surface area contributed by atoms with Crippen molar-refractivity contribution >= 4 is 17.9 Å². The van der Waals surface area contributed by atoms with E-state index in [2.05, 4.69) is 19.2 Å². The van der Waals surface area contributed by atoms with Crippen LogP contribution in [0.3, 0.4) is 0 Å². The standard InChI is InChI=1S/C23H38N4O4/c1-5-31-22(29)14-24-23(30)27(19-10-7-6-8-11-19)17-21(28)26(15-18(2)3)16-20-12-9-13-25(20)4/h9,12-13,18-19H,5-8,10-11,14-17H2,1-4H3,(H,24,30). The number of ether oxygens (including phenoxy) is 1. The van der Waals surface area contributed by atoms with E-state index in [1.165, 1.54) is 0 Å². The maximum absolute atomic E-state index is 13.3. The summed E-state index contributed by atoms with van der Waals surface area (Å²) in [6.07, 6.45) is 6.95. The quantitative estimate of drug-likeness (QED) is 0.574. The Bertz CT molecular complexity index is 725. The molecule has 3 amide bonds. The van der Waals surface area contributed by atoms with Gasteiger partial charge in [0.05, 0.1) is 13.2 Å². The second-order valence-corrected chi connectivity index (χ2v) is 8.66. The summed E-state index contributed by atoms with van der Waals surface area (Å²) in [5.41, 5.74) is 1.05. The van der Waals surface area contributed by atoms with E-state index in [-0.39, 0.29) is 37.7 Å². The predicted molar refractivity (Wildman–Crippen MR) is 119 cm³/mol. The number of rotatable bonds is 10. The zero-order chi connectivity index (χ0) is 22.8. The lowest BCUT2D eigenvalue weighted by molar-refractivity contribution is -0.141. The Morgan fingerprint density at radius 1 is 1.23 bits per heavy atom. The molecule has 1 aliphatic carbocycles. The minimum absolute atomic E-state index is 0.0100. The van der Waals surface area contributed by atoms with Crippen LogP contribution < -0.4 is 5.32 Å². The molecule has 0 radical (unpaired) electrons. The van der Waals surface area contributed by atoms with E-state index in [4.69, 9.17) is 4.74 Å². The number of esters is 1. The van der Waals surface area contributed by atoms with E-state index in [1.54, 1.807) is 11.8 Å². The molecule has 0 saturated heterocycles. The van der Waals surface area contributed by atoms with E-state index >= 15 is 0 Å². The van der Waals surface area contributed by atoms with Crippen molar-refractivity contribution < 1.29 is 19.1 Å². The summed E-state index contributed by atoms with van der Waals surface area (Å²) in [7, 11) is 1.96. The van der Waals surface area contributed by atoms with Crippen LogP contribution in [-0.2, 0) is 27.9 Å². The van der Waals surface area contributed by atoms with Gasteiger partial charge in [-0.05, 0) is 37.8 Å². The fourth-order valence-electron chi connectivity index (χ4n) is 4.02. The van der Waals surface area contributed by atoms with Crippen molar-refractivity contribution in [3.63, 3.8) is 0 Å². The third-order valence-corrected chi connectivity index (χ3v) is 5.61. The molecule has 0 bridgehead atoms. The van der Waals surface area contributed by atoms with Gasteiger partial charge in [-0.3, -0.25) is 9.59 Å². The van der Waals surface area contributed by atoms with Crippen molar-refractivity contribution in [1.29, 1.82) is 0 Å². The largest absolute Gasteiger partial charge is 0.465 e. The number of carbonyl (C=O) groups excluding carboxylic acids is 3. The Balaban J connectivity index is 2.11. The lowest BCUT2D eigenvalue weighted by atomic mass is 9.94. The maximum atomic E-state index is 13.3. The van der Waals surface area contributed by atoms with Gasteiger partial charge in [-0.1, -0.05) is 33.1 Å². The molecular weight excluding hydrogens is 396 g/mol.